The Labute approximate surface area is 128 Å². The lowest BCUT2D eigenvalue weighted by Gasteiger charge is -2.12. The van der Waals surface area contributed by atoms with Crippen molar-refractivity contribution in [3.8, 4) is 0 Å². The SMILES string of the molecule is CN(C)S(=O)(=O)NCCNC(=O)Cc1c(F)cccc1Cl. The number of rotatable bonds is 7. The van der Waals surface area contributed by atoms with Gasteiger partial charge in [0.2, 0.25) is 5.91 Å². The molecule has 0 unspecified atom stereocenters. The van der Waals surface area contributed by atoms with Gasteiger partial charge in [-0.2, -0.15) is 12.7 Å². The summed E-state index contributed by atoms with van der Waals surface area (Å²) in [5.41, 5.74) is 0.116. The Morgan fingerprint density at radius 3 is 2.57 bits per heavy atom. The first-order valence-electron chi connectivity index (χ1n) is 6.10. The van der Waals surface area contributed by atoms with Crippen molar-refractivity contribution in [2.75, 3.05) is 27.2 Å². The molecule has 118 valence electrons. The molecule has 6 nitrogen and oxygen atoms in total. The van der Waals surface area contributed by atoms with Crippen LogP contribution in [0.1, 0.15) is 5.56 Å². The van der Waals surface area contributed by atoms with Crippen molar-refractivity contribution >= 4 is 27.7 Å². The normalized spacial score (nSPS) is 11.7. The van der Waals surface area contributed by atoms with Gasteiger partial charge >= 0.3 is 0 Å². The highest BCUT2D eigenvalue weighted by atomic mass is 35.5. The van der Waals surface area contributed by atoms with E-state index >= 15 is 0 Å². The van der Waals surface area contributed by atoms with Crippen LogP contribution in [0.4, 0.5) is 4.39 Å². The topological polar surface area (TPSA) is 78.5 Å². The average molecular weight is 338 g/mol. The second-order valence-corrected chi connectivity index (χ2v) is 6.79. The summed E-state index contributed by atoms with van der Waals surface area (Å²) in [7, 11) is -0.738. The number of benzene rings is 1. The zero-order chi connectivity index (χ0) is 16.0. The highest BCUT2D eigenvalue weighted by Gasteiger charge is 2.13. The number of hydrogen-bond donors (Lipinski definition) is 2. The van der Waals surface area contributed by atoms with Gasteiger partial charge < -0.3 is 5.32 Å². The molecule has 0 fully saturated rings. The average Bonchev–Trinajstić information content (AvgIpc) is 2.39. The van der Waals surface area contributed by atoms with Gasteiger partial charge in [-0.3, -0.25) is 4.79 Å². The lowest BCUT2D eigenvalue weighted by Crippen LogP contribution is -2.40. The minimum absolute atomic E-state index is 0.0389. The molecule has 1 aromatic carbocycles. The van der Waals surface area contributed by atoms with E-state index < -0.39 is 21.9 Å². The van der Waals surface area contributed by atoms with E-state index in [0.717, 1.165) is 4.31 Å². The molecule has 0 heterocycles. The van der Waals surface area contributed by atoms with Crippen molar-refractivity contribution in [3.05, 3.63) is 34.6 Å². The van der Waals surface area contributed by atoms with Gasteiger partial charge in [0, 0.05) is 37.8 Å². The molecule has 0 atom stereocenters. The number of hydrogen-bond acceptors (Lipinski definition) is 3. The number of halogens is 2. The number of nitrogens with one attached hydrogen (secondary N) is 2. The lowest BCUT2D eigenvalue weighted by atomic mass is 10.1. The van der Waals surface area contributed by atoms with Gasteiger partial charge in [-0.05, 0) is 12.1 Å². The van der Waals surface area contributed by atoms with E-state index in [2.05, 4.69) is 10.0 Å². The van der Waals surface area contributed by atoms with Crippen LogP contribution in [0.2, 0.25) is 5.02 Å². The van der Waals surface area contributed by atoms with E-state index in [9.17, 15) is 17.6 Å². The highest BCUT2D eigenvalue weighted by molar-refractivity contribution is 7.87. The highest BCUT2D eigenvalue weighted by Crippen LogP contribution is 2.19. The van der Waals surface area contributed by atoms with Crippen LogP contribution < -0.4 is 10.0 Å². The van der Waals surface area contributed by atoms with Crippen LogP contribution in [0.15, 0.2) is 18.2 Å². The Bertz CT molecular complexity index is 588. The van der Waals surface area contributed by atoms with E-state index in [-0.39, 0.29) is 30.1 Å². The zero-order valence-corrected chi connectivity index (χ0v) is 13.3. The molecule has 0 aliphatic rings. The van der Waals surface area contributed by atoms with Crippen LogP contribution >= 0.6 is 11.6 Å². The Kier molecular flexibility index (Phi) is 6.53. The summed E-state index contributed by atoms with van der Waals surface area (Å²) in [6, 6.07) is 4.17. The van der Waals surface area contributed by atoms with Gasteiger partial charge in [0.1, 0.15) is 5.82 Å². The first-order valence-corrected chi connectivity index (χ1v) is 7.92. The molecular formula is C12H17ClFN3O3S. The molecule has 9 heteroatoms. The molecular weight excluding hydrogens is 321 g/mol. The summed E-state index contributed by atoms with van der Waals surface area (Å²) < 4.78 is 39.6. The maximum atomic E-state index is 13.5. The maximum absolute atomic E-state index is 13.5. The zero-order valence-electron chi connectivity index (χ0n) is 11.7. The van der Waals surface area contributed by atoms with Crippen LogP contribution in [0.5, 0.6) is 0 Å². The van der Waals surface area contributed by atoms with Gasteiger partial charge in [-0.1, -0.05) is 17.7 Å². The molecule has 0 aliphatic heterocycles. The molecule has 0 aromatic heterocycles. The molecule has 1 rings (SSSR count). The van der Waals surface area contributed by atoms with Gasteiger partial charge in [-0.25, -0.2) is 9.11 Å². The first kappa shape index (κ1) is 17.8. The van der Waals surface area contributed by atoms with Gasteiger partial charge in [-0.15, -0.1) is 0 Å². The van der Waals surface area contributed by atoms with Crippen LogP contribution in [0, 0.1) is 5.82 Å². The van der Waals surface area contributed by atoms with Crippen molar-refractivity contribution < 1.29 is 17.6 Å². The lowest BCUT2D eigenvalue weighted by molar-refractivity contribution is -0.120. The van der Waals surface area contributed by atoms with Gasteiger partial charge in [0.15, 0.2) is 0 Å². The second-order valence-electron chi connectivity index (χ2n) is 4.41. The minimum Gasteiger partial charge on any atom is -0.354 e. The minimum atomic E-state index is -3.52. The first-order chi connectivity index (χ1) is 9.74. The van der Waals surface area contributed by atoms with E-state index in [4.69, 9.17) is 11.6 Å². The Hall–Kier alpha value is -1.22. The fourth-order valence-corrected chi connectivity index (χ4v) is 2.28. The molecule has 0 radical (unpaired) electrons. The molecule has 2 N–H and O–H groups in total. The van der Waals surface area contributed by atoms with Crippen LogP contribution in [0.3, 0.4) is 0 Å². The number of carbonyl (C=O) groups excluding carboxylic acids is 1. The molecule has 0 aliphatic carbocycles. The second kappa shape index (κ2) is 7.69. The third-order valence-electron chi connectivity index (χ3n) is 2.61. The van der Waals surface area contributed by atoms with Gasteiger partial charge in [0.05, 0.1) is 6.42 Å². The molecule has 1 amide bonds. The van der Waals surface area contributed by atoms with E-state index in [1.54, 1.807) is 0 Å². The molecule has 1 aromatic rings. The largest absolute Gasteiger partial charge is 0.354 e. The fourth-order valence-electron chi connectivity index (χ4n) is 1.44. The molecule has 21 heavy (non-hydrogen) atoms. The summed E-state index contributed by atoms with van der Waals surface area (Å²) in [4.78, 5) is 11.7. The predicted molar refractivity (Wildman–Crippen MR) is 78.7 cm³/mol. The van der Waals surface area contributed by atoms with Crippen molar-refractivity contribution in [1.29, 1.82) is 0 Å². The molecule has 0 spiro atoms. The summed E-state index contributed by atoms with van der Waals surface area (Å²) >= 11 is 5.81. The standard InChI is InChI=1S/C12H17ClFN3O3S/c1-17(2)21(19,20)16-7-6-15-12(18)8-9-10(13)4-3-5-11(9)14/h3-5,16H,6-8H2,1-2H3,(H,15,18). The molecule has 0 bridgehead atoms. The summed E-state index contributed by atoms with van der Waals surface area (Å²) in [5, 5.41) is 2.67. The van der Waals surface area contributed by atoms with Gasteiger partial charge in [0.25, 0.3) is 10.2 Å². The molecule has 0 saturated heterocycles. The van der Waals surface area contributed by atoms with E-state index in [1.165, 1.54) is 32.3 Å². The summed E-state index contributed by atoms with van der Waals surface area (Å²) in [5.74, 6) is -0.989. The predicted octanol–water partition coefficient (Wildman–Crippen LogP) is 0.534. The van der Waals surface area contributed by atoms with Crippen molar-refractivity contribution in [1.82, 2.24) is 14.3 Å². The maximum Gasteiger partial charge on any atom is 0.278 e. The third-order valence-corrected chi connectivity index (χ3v) is 4.50. The van der Waals surface area contributed by atoms with Crippen molar-refractivity contribution in [2.24, 2.45) is 0 Å². The number of nitrogens with zero attached hydrogens (tertiary/aromatic N) is 1. The smallest absolute Gasteiger partial charge is 0.278 e. The van der Waals surface area contributed by atoms with E-state index in [1.807, 2.05) is 0 Å². The van der Waals surface area contributed by atoms with Crippen LogP contribution in [-0.4, -0.2) is 45.8 Å². The van der Waals surface area contributed by atoms with Crippen LogP contribution in [-0.2, 0) is 21.4 Å². The Morgan fingerprint density at radius 2 is 2.00 bits per heavy atom. The number of amides is 1. The molecule has 0 saturated carbocycles. The Balaban J connectivity index is 2.42. The fraction of sp³-hybridized carbons (Fsp3) is 0.417. The third kappa shape index (κ3) is 5.58. The Morgan fingerprint density at radius 1 is 1.33 bits per heavy atom. The van der Waals surface area contributed by atoms with E-state index in [0.29, 0.717) is 0 Å². The van der Waals surface area contributed by atoms with Crippen LogP contribution in [0.25, 0.3) is 0 Å². The summed E-state index contributed by atoms with van der Waals surface area (Å²) in [6.45, 7) is 0.134. The number of carbonyl (C=O) groups is 1. The van der Waals surface area contributed by atoms with Crippen molar-refractivity contribution in [2.45, 2.75) is 6.42 Å². The quantitative estimate of drug-likeness (QED) is 0.713. The summed E-state index contributed by atoms with van der Waals surface area (Å²) in [6.07, 6.45) is -0.202. The monoisotopic (exact) mass is 337 g/mol. The van der Waals surface area contributed by atoms with Crippen molar-refractivity contribution in [3.63, 3.8) is 0 Å².